The van der Waals surface area contributed by atoms with Crippen LogP contribution in [0, 0.1) is 10.1 Å². The number of benzene rings is 1. The van der Waals surface area contributed by atoms with Crippen LogP contribution in [0.25, 0.3) is 0 Å². The second-order valence-electron chi connectivity index (χ2n) is 4.26. The van der Waals surface area contributed by atoms with Gasteiger partial charge in [0, 0.05) is 18.9 Å². The summed E-state index contributed by atoms with van der Waals surface area (Å²) < 4.78 is 0. The average Bonchev–Trinajstić information content (AvgIpc) is 2.47. The number of nitrogens with one attached hydrogen (secondary N) is 1. The van der Waals surface area contributed by atoms with Crippen LogP contribution in [0.5, 0.6) is 0 Å². The summed E-state index contributed by atoms with van der Waals surface area (Å²) in [5.41, 5.74) is 0.551. The van der Waals surface area contributed by atoms with Crippen LogP contribution >= 0.6 is 11.6 Å². The lowest BCUT2D eigenvalue weighted by Gasteiger charge is -2.06. The van der Waals surface area contributed by atoms with Crippen LogP contribution in [0.15, 0.2) is 42.7 Å². The van der Waals surface area contributed by atoms with Crippen molar-refractivity contribution in [2.24, 2.45) is 0 Å². The number of hydrogen-bond donors (Lipinski definition) is 1. The summed E-state index contributed by atoms with van der Waals surface area (Å²) in [5.74, 6) is -0.520. The number of nitrogens with zero attached hydrogens (tertiary/aromatic N) is 2. The molecule has 0 saturated heterocycles. The van der Waals surface area contributed by atoms with E-state index in [0.717, 1.165) is 5.56 Å². The number of carbonyl (C=O) groups is 1. The molecule has 0 aliphatic rings. The summed E-state index contributed by atoms with van der Waals surface area (Å²) >= 11 is 5.77. The molecule has 0 spiro atoms. The van der Waals surface area contributed by atoms with E-state index in [1.54, 1.807) is 18.5 Å². The first-order valence-corrected chi connectivity index (χ1v) is 6.57. The monoisotopic (exact) mass is 305 g/mol. The van der Waals surface area contributed by atoms with Gasteiger partial charge in [-0.3, -0.25) is 19.9 Å². The van der Waals surface area contributed by atoms with Crippen molar-refractivity contribution >= 4 is 23.2 Å². The number of hydrogen-bond acceptors (Lipinski definition) is 4. The van der Waals surface area contributed by atoms with Gasteiger partial charge in [-0.05, 0) is 30.2 Å². The molecule has 1 heterocycles. The van der Waals surface area contributed by atoms with E-state index in [-0.39, 0.29) is 16.3 Å². The number of nitro benzene ring substituents is 1. The number of aromatic nitrogens is 1. The van der Waals surface area contributed by atoms with Crippen molar-refractivity contribution in [3.05, 3.63) is 69.0 Å². The molecular weight excluding hydrogens is 294 g/mol. The molecule has 108 valence electrons. The topological polar surface area (TPSA) is 85.1 Å². The number of para-hydroxylation sites is 1. The Morgan fingerprint density at radius 2 is 2.14 bits per heavy atom. The highest BCUT2D eigenvalue weighted by molar-refractivity contribution is 6.33. The number of carbonyl (C=O) groups excluding carboxylic acids is 1. The lowest BCUT2D eigenvalue weighted by Crippen LogP contribution is -2.26. The van der Waals surface area contributed by atoms with Gasteiger partial charge in [0.05, 0.1) is 4.92 Å². The number of nitro groups is 1. The first-order valence-electron chi connectivity index (χ1n) is 6.19. The molecule has 0 radical (unpaired) electrons. The number of pyridine rings is 1. The summed E-state index contributed by atoms with van der Waals surface area (Å²) in [5, 5.41) is 13.6. The fourth-order valence-corrected chi connectivity index (χ4v) is 2.09. The second-order valence-corrected chi connectivity index (χ2v) is 4.67. The molecule has 0 bridgehead atoms. The van der Waals surface area contributed by atoms with E-state index in [1.165, 1.54) is 18.2 Å². The quantitative estimate of drug-likeness (QED) is 0.679. The summed E-state index contributed by atoms with van der Waals surface area (Å²) in [6.07, 6.45) is 3.96. The first-order chi connectivity index (χ1) is 10.1. The van der Waals surface area contributed by atoms with Gasteiger partial charge in [-0.25, -0.2) is 0 Å². The van der Waals surface area contributed by atoms with Gasteiger partial charge in [0.15, 0.2) is 0 Å². The van der Waals surface area contributed by atoms with Crippen LogP contribution in [0.1, 0.15) is 15.9 Å². The molecule has 0 fully saturated rings. The lowest BCUT2D eigenvalue weighted by molar-refractivity contribution is -0.385. The van der Waals surface area contributed by atoms with Gasteiger partial charge in [0.25, 0.3) is 5.91 Å². The fraction of sp³-hybridized carbons (Fsp3) is 0.143. The minimum atomic E-state index is -0.654. The predicted octanol–water partition coefficient (Wildman–Crippen LogP) is 2.62. The highest BCUT2D eigenvalue weighted by Gasteiger charge is 2.23. The van der Waals surface area contributed by atoms with Crippen molar-refractivity contribution in [3.8, 4) is 0 Å². The van der Waals surface area contributed by atoms with E-state index >= 15 is 0 Å². The van der Waals surface area contributed by atoms with Crippen LogP contribution in [-0.4, -0.2) is 22.4 Å². The molecule has 0 saturated carbocycles. The Labute approximate surface area is 125 Å². The summed E-state index contributed by atoms with van der Waals surface area (Å²) in [7, 11) is 0. The van der Waals surface area contributed by atoms with Gasteiger partial charge in [0.1, 0.15) is 10.6 Å². The first kappa shape index (κ1) is 14.9. The molecule has 1 aromatic heterocycles. The van der Waals surface area contributed by atoms with Crippen molar-refractivity contribution in [3.63, 3.8) is 0 Å². The van der Waals surface area contributed by atoms with Crippen molar-refractivity contribution in [2.75, 3.05) is 6.54 Å². The Morgan fingerprint density at radius 1 is 1.33 bits per heavy atom. The van der Waals surface area contributed by atoms with Gasteiger partial charge in [-0.1, -0.05) is 23.7 Å². The number of amides is 1. The van der Waals surface area contributed by atoms with E-state index < -0.39 is 10.8 Å². The molecule has 2 aromatic rings. The Hall–Kier alpha value is -2.47. The lowest BCUT2D eigenvalue weighted by atomic mass is 10.1. The standard InChI is InChI=1S/C14H12ClN3O3/c15-12-5-1-4-11(13(12)18(20)21)14(19)17-8-6-10-3-2-7-16-9-10/h1-5,7,9H,6,8H2,(H,17,19). The average molecular weight is 306 g/mol. The second kappa shape index (κ2) is 6.81. The SMILES string of the molecule is O=C(NCCc1cccnc1)c1cccc(Cl)c1[N+](=O)[O-]. The molecule has 6 nitrogen and oxygen atoms in total. The van der Waals surface area contributed by atoms with E-state index in [0.29, 0.717) is 13.0 Å². The summed E-state index contributed by atoms with van der Waals surface area (Å²) in [6.45, 7) is 0.355. The van der Waals surface area contributed by atoms with E-state index in [2.05, 4.69) is 10.3 Å². The zero-order chi connectivity index (χ0) is 15.2. The van der Waals surface area contributed by atoms with E-state index in [9.17, 15) is 14.9 Å². The zero-order valence-electron chi connectivity index (χ0n) is 11.0. The Morgan fingerprint density at radius 3 is 2.81 bits per heavy atom. The third-order valence-corrected chi connectivity index (χ3v) is 3.14. The van der Waals surface area contributed by atoms with E-state index in [4.69, 9.17) is 11.6 Å². The highest BCUT2D eigenvalue weighted by atomic mass is 35.5. The van der Waals surface area contributed by atoms with Crippen molar-refractivity contribution in [2.45, 2.75) is 6.42 Å². The molecule has 21 heavy (non-hydrogen) atoms. The van der Waals surface area contributed by atoms with Crippen molar-refractivity contribution in [1.82, 2.24) is 10.3 Å². The Kier molecular flexibility index (Phi) is 4.84. The molecular formula is C14H12ClN3O3. The molecule has 1 aromatic carbocycles. The van der Waals surface area contributed by atoms with Gasteiger partial charge in [0.2, 0.25) is 0 Å². The van der Waals surface area contributed by atoms with Crippen LogP contribution < -0.4 is 5.32 Å². The normalized spacial score (nSPS) is 10.1. The Balaban J connectivity index is 2.04. The molecule has 1 amide bonds. The number of halogens is 1. The van der Waals surface area contributed by atoms with Crippen LogP contribution in [0.3, 0.4) is 0 Å². The predicted molar refractivity (Wildman–Crippen MR) is 78.4 cm³/mol. The Bertz CT molecular complexity index is 662. The zero-order valence-corrected chi connectivity index (χ0v) is 11.7. The third-order valence-electron chi connectivity index (χ3n) is 2.84. The smallest absolute Gasteiger partial charge is 0.300 e. The summed E-state index contributed by atoms with van der Waals surface area (Å²) in [4.78, 5) is 26.3. The minimum Gasteiger partial charge on any atom is -0.351 e. The molecule has 2 rings (SSSR count). The van der Waals surface area contributed by atoms with Gasteiger partial charge in [-0.2, -0.15) is 0 Å². The molecule has 1 N–H and O–H groups in total. The van der Waals surface area contributed by atoms with Crippen LogP contribution in [0.2, 0.25) is 5.02 Å². The van der Waals surface area contributed by atoms with Gasteiger partial charge >= 0.3 is 5.69 Å². The van der Waals surface area contributed by atoms with Gasteiger partial charge < -0.3 is 5.32 Å². The maximum atomic E-state index is 12.0. The summed E-state index contributed by atoms with van der Waals surface area (Å²) in [6, 6.07) is 7.96. The minimum absolute atomic E-state index is 0.0429. The molecule has 7 heteroatoms. The van der Waals surface area contributed by atoms with Crippen LogP contribution in [0.4, 0.5) is 5.69 Å². The van der Waals surface area contributed by atoms with Crippen molar-refractivity contribution < 1.29 is 9.72 Å². The maximum absolute atomic E-state index is 12.0. The third kappa shape index (κ3) is 3.76. The number of rotatable bonds is 5. The van der Waals surface area contributed by atoms with Crippen LogP contribution in [-0.2, 0) is 6.42 Å². The largest absolute Gasteiger partial charge is 0.351 e. The maximum Gasteiger partial charge on any atom is 0.300 e. The molecule has 0 unspecified atom stereocenters. The van der Waals surface area contributed by atoms with Crippen molar-refractivity contribution in [1.29, 1.82) is 0 Å². The van der Waals surface area contributed by atoms with E-state index in [1.807, 2.05) is 6.07 Å². The van der Waals surface area contributed by atoms with Gasteiger partial charge in [-0.15, -0.1) is 0 Å². The molecule has 0 aliphatic carbocycles. The molecule has 0 aliphatic heterocycles. The fourth-order valence-electron chi connectivity index (χ4n) is 1.85. The highest BCUT2D eigenvalue weighted by Crippen LogP contribution is 2.27. The molecule has 0 atom stereocenters.